The number of nitrogens with zero attached hydrogens (tertiary/aromatic N) is 5. The van der Waals surface area contributed by atoms with Crippen LogP contribution in [0, 0.1) is 12.3 Å². The minimum atomic E-state index is -0.0841. The second kappa shape index (κ2) is 8.43. The van der Waals surface area contributed by atoms with Gasteiger partial charge in [0.2, 0.25) is 0 Å². The number of carbonyl (C=O) groups excluding carboxylic acids is 1. The summed E-state index contributed by atoms with van der Waals surface area (Å²) in [4.78, 5) is 19.2. The molecule has 2 N–H and O–H groups in total. The van der Waals surface area contributed by atoms with Gasteiger partial charge in [0, 0.05) is 24.7 Å². The quantitative estimate of drug-likeness (QED) is 0.700. The Kier molecular flexibility index (Phi) is 6.64. The van der Waals surface area contributed by atoms with Gasteiger partial charge in [0.05, 0.1) is 16.9 Å². The molecule has 7 nitrogen and oxygen atoms in total. The van der Waals surface area contributed by atoms with Crippen LogP contribution < -0.4 is 5.73 Å². The highest BCUT2D eigenvalue weighted by Crippen LogP contribution is 2.30. The van der Waals surface area contributed by atoms with E-state index >= 15 is 0 Å². The van der Waals surface area contributed by atoms with Gasteiger partial charge in [0.1, 0.15) is 0 Å². The summed E-state index contributed by atoms with van der Waals surface area (Å²) >= 11 is 0. The maximum atomic E-state index is 12.9. The summed E-state index contributed by atoms with van der Waals surface area (Å²) in [6.07, 6.45) is 2.66. The normalized spacial score (nSPS) is 18.6. The third-order valence-electron chi connectivity index (χ3n) is 5.27. The van der Waals surface area contributed by atoms with Crippen LogP contribution in [0.4, 0.5) is 0 Å². The minimum Gasteiger partial charge on any atom is -0.337 e. The number of halogens is 2. The predicted molar refractivity (Wildman–Crippen MR) is 114 cm³/mol. The number of likely N-dealkylation sites (tertiary alicyclic amines) is 1. The Morgan fingerprint density at radius 1 is 1.25 bits per heavy atom. The van der Waals surface area contributed by atoms with Gasteiger partial charge in [-0.05, 0) is 37.4 Å². The third kappa shape index (κ3) is 3.70. The first-order valence-electron chi connectivity index (χ1n) is 8.78. The molecule has 150 valence electrons. The lowest BCUT2D eigenvalue weighted by atomic mass is 9.90. The molecule has 9 heteroatoms. The van der Waals surface area contributed by atoms with E-state index < -0.39 is 0 Å². The molecule has 1 saturated heterocycles. The zero-order valence-corrected chi connectivity index (χ0v) is 17.5. The molecule has 0 radical (unpaired) electrons. The van der Waals surface area contributed by atoms with Gasteiger partial charge in [-0.25, -0.2) is 4.68 Å². The number of amides is 1. The summed E-state index contributed by atoms with van der Waals surface area (Å²) < 4.78 is 1.70. The number of hydrogen-bond acceptors (Lipinski definition) is 5. The highest BCUT2D eigenvalue weighted by molar-refractivity contribution is 5.94. The second-order valence-corrected chi connectivity index (χ2v) is 7.28. The molecule has 1 fully saturated rings. The van der Waals surface area contributed by atoms with Gasteiger partial charge in [0.25, 0.3) is 5.91 Å². The van der Waals surface area contributed by atoms with Crippen LogP contribution in [0.15, 0.2) is 36.5 Å². The van der Waals surface area contributed by atoms with E-state index in [2.05, 4.69) is 22.2 Å². The lowest BCUT2D eigenvalue weighted by molar-refractivity contribution is 0.0770. The molecular formula is C19H24Cl2N6O. The summed E-state index contributed by atoms with van der Waals surface area (Å²) in [5, 5.41) is 9.44. The monoisotopic (exact) mass is 422 g/mol. The molecule has 0 aliphatic carbocycles. The van der Waals surface area contributed by atoms with Crippen molar-refractivity contribution in [3.05, 3.63) is 47.9 Å². The van der Waals surface area contributed by atoms with Crippen LogP contribution in [-0.4, -0.2) is 50.4 Å². The van der Waals surface area contributed by atoms with Crippen LogP contribution >= 0.6 is 24.8 Å². The first-order chi connectivity index (χ1) is 12.5. The Morgan fingerprint density at radius 2 is 2.00 bits per heavy atom. The molecule has 1 aliphatic heterocycles. The van der Waals surface area contributed by atoms with Gasteiger partial charge in [-0.15, -0.1) is 29.9 Å². The summed E-state index contributed by atoms with van der Waals surface area (Å²) in [5.74, 6) is -0.0841. The van der Waals surface area contributed by atoms with Gasteiger partial charge < -0.3 is 10.6 Å². The van der Waals surface area contributed by atoms with Crippen LogP contribution in [0.25, 0.3) is 16.6 Å². The average molecular weight is 423 g/mol. The van der Waals surface area contributed by atoms with Crippen LogP contribution in [0.5, 0.6) is 0 Å². The van der Waals surface area contributed by atoms with E-state index in [0.29, 0.717) is 25.3 Å². The van der Waals surface area contributed by atoms with E-state index in [4.69, 9.17) is 5.73 Å². The third-order valence-corrected chi connectivity index (χ3v) is 5.27. The SMILES string of the molecule is Cc1c(C(=O)N2CCC(C)(CN)C2)nnn1-c1cccc2cccnc12.Cl.Cl. The maximum Gasteiger partial charge on any atom is 0.276 e. The zero-order valence-electron chi connectivity index (χ0n) is 15.8. The van der Waals surface area contributed by atoms with Gasteiger partial charge in [-0.2, -0.15) is 0 Å². The van der Waals surface area contributed by atoms with Crippen molar-refractivity contribution in [2.45, 2.75) is 20.3 Å². The molecular weight excluding hydrogens is 399 g/mol. The van der Waals surface area contributed by atoms with Crippen molar-refractivity contribution in [1.82, 2.24) is 24.9 Å². The van der Waals surface area contributed by atoms with Crippen LogP contribution in [0.2, 0.25) is 0 Å². The van der Waals surface area contributed by atoms with Crippen molar-refractivity contribution in [1.29, 1.82) is 0 Å². The zero-order chi connectivity index (χ0) is 18.3. The van der Waals surface area contributed by atoms with Crippen molar-refractivity contribution < 1.29 is 4.79 Å². The Labute approximate surface area is 176 Å². The molecule has 2 aromatic heterocycles. The molecule has 1 aliphatic rings. The van der Waals surface area contributed by atoms with Crippen LogP contribution in [0.3, 0.4) is 0 Å². The van der Waals surface area contributed by atoms with Crippen LogP contribution in [-0.2, 0) is 0 Å². The summed E-state index contributed by atoms with van der Waals surface area (Å²) in [6, 6.07) is 9.79. The number of carbonyl (C=O) groups is 1. The number of pyridine rings is 1. The van der Waals surface area contributed by atoms with Crippen molar-refractivity contribution >= 4 is 41.6 Å². The standard InChI is InChI=1S/C19H22N6O.2ClH/c1-13-16(18(26)24-10-8-19(2,11-20)12-24)22-23-25(13)15-7-3-5-14-6-4-9-21-17(14)15;;/h3-7,9H,8,10-12,20H2,1-2H3;2*1H. The van der Waals surface area contributed by atoms with Crippen molar-refractivity contribution in [3.63, 3.8) is 0 Å². The number of nitrogens with two attached hydrogens (primary N) is 1. The van der Waals surface area contributed by atoms with E-state index in [1.165, 1.54) is 0 Å². The van der Waals surface area contributed by atoms with Crippen molar-refractivity contribution in [2.75, 3.05) is 19.6 Å². The van der Waals surface area contributed by atoms with E-state index in [0.717, 1.165) is 28.7 Å². The fourth-order valence-corrected chi connectivity index (χ4v) is 3.53. The number of aromatic nitrogens is 4. The fraction of sp³-hybridized carbons (Fsp3) is 0.368. The topological polar surface area (TPSA) is 89.9 Å². The van der Waals surface area contributed by atoms with E-state index in [9.17, 15) is 4.79 Å². The summed E-state index contributed by atoms with van der Waals surface area (Å²) in [7, 11) is 0. The molecule has 4 rings (SSSR count). The molecule has 3 aromatic rings. The van der Waals surface area contributed by atoms with E-state index in [1.807, 2.05) is 42.2 Å². The van der Waals surface area contributed by atoms with Gasteiger partial charge in [0.15, 0.2) is 5.69 Å². The lowest BCUT2D eigenvalue weighted by Gasteiger charge is -2.22. The molecule has 0 spiro atoms. The predicted octanol–water partition coefficient (Wildman–Crippen LogP) is 2.78. The Balaban J connectivity index is 0.00000140. The number of fused-ring (bicyclic) bond motifs is 1. The second-order valence-electron chi connectivity index (χ2n) is 7.28. The summed E-state index contributed by atoms with van der Waals surface area (Å²) in [5.41, 5.74) is 8.60. The molecule has 1 amide bonds. The molecule has 1 aromatic carbocycles. The van der Waals surface area contributed by atoms with E-state index in [-0.39, 0.29) is 36.1 Å². The lowest BCUT2D eigenvalue weighted by Crippen LogP contribution is -2.35. The Hall–Kier alpha value is -2.22. The smallest absolute Gasteiger partial charge is 0.276 e. The minimum absolute atomic E-state index is 0. The van der Waals surface area contributed by atoms with E-state index in [1.54, 1.807) is 10.9 Å². The van der Waals surface area contributed by atoms with Crippen LogP contribution in [0.1, 0.15) is 29.5 Å². The van der Waals surface area contributed by atoms with Gasteiger partial charge >= 0.3 is 0 Å². The highest BCUT2D eigenvalue weighted by atomic mass is 35.5. The molecule has 0 bridgehead atoms. The number of rotatable bonds is 3. The summed E-state index contributed by atoms with van der Waals surface area (Å²) in [6.45, 7) is 5.92. The number of hydrogen-bond donors (Lipinski definition) is 1. The molecule has 0 saturated carbocycles. The molecule has 28 heavy (non-hydrogen) atoms. The first kappa shape index (κ1) is 22.1. The highest BCUT2D eigenvalue weighted by Gasteiger charge is 2.36. The van der Waals surface area contributed by atoms with Gasteiger partial charge in [-0.3, -0.25) is 9.78 Å². The maximum absolute atomic E-state index is 12.9. The molecule has 1 atom stereocenters. The Bertz CT molecular complexity index is 986. The molecule has 3 heterocycles. The van der Waals surface area contributed by atoms with Crippen molar-refractivity contribution in [3.8, 4) is 5.69 Å². The number of benzene rings is 1. The average Bonchev–Trinajstić information content (AvgIpc) is 3.24. The Morgan fingerprint density at radius 3 is 2.71 bits per heavy atom. The largest absolute Gasteiger partial charge is 0.337 e. The van der Waals surface area contributed by atoms with Gasteiger partial charge in [-0.1, -0.05) is 30.3 Å². The fourth-order valence-electron chi connectivity index (χ4n) is 3.53. The van der Waals surface area contributed by atoms with Crippen molar-refractivity contribution in [2.24, 2.45) is 11.1 Å². The first-order valence-corrected chi connectivity index (χ1v) is 8.78. The molecule has 1 unspecified atom stereocenters. The number of para-hydroxylation sites is 1.